The van der Waals surface area contributed by atoms with Crippen molar-refractivity contribution < 1.29 is 35.9 Å². The van der Waals surface area contributed by atoms with Crippen LogP contribution in [0.1, 0.15) is 63.2 Å². The van der Waals surface area contributed by atoms with Crippen LogP contribution in [0.25, 0.3) is 0 Å². The molecule has 0 amide bonds. The quantitative estimate of drug-likeness (QED) is 0.184. The van der Waals surface area contributed by atoms with Crippen molar-refractivity contribution in [1.29, 1.82) is 0 Å². The standard InChI is InChI=1S/C26H31F6N7O2S2/c1-14(2)13-39(17-7-9-38(10-8-17)24-35-22(37-43-24)26(30,31)32)19-6-5-16(15(3)11-20(40)41-4)12-18(19)33-23-34-21(36-42-23)25(27,28)29/h5-6,12,14-15,17H,7-11,13H2,1-4H3,(H,33,34,36)/t15-/m1/s1. The van der Waals surface area contributed by atoms with E-state index in [1.54, 1.807) is 11.0 Å². The molecule has 4 rings (SSSR count). The number of hydrogen-bond donors (Lipinski definition) is 1. The number of methoxy groups -OCH3 is 1. The second-order valence-electron chi connectivity index (χ2n) is 10.7. The number of halogens is 6. The van der Waals surface area contributed by atoms with E-state index in [1.807, 2.05) is 32.9 Å². The zero-order valence-corrected chi connectivity index (χ0v) is 25.4. The molecule has 0 radical (unpaired) electrons. The number of ether oxygens (including phenoxy) is 1. The molecule has 1 atom stereocenters. The van der Waals surface area contributed by atoms with Gasteiger partial charge in [0.15, 0.2) is 0 Å². The van der Waals surface area contributed by atoms with E-state index in [9.17, 15) is 31.1 Å². The average Bonchev–Trinajstić information content (AvgIpc) is 3.62. The van der Waals surface area contributed by atoms with Gasteiger partial charge in [-0.05, 0) is 42.4 Å². The van der Waals surface area contributed by atoms with E-state index < -0.39 is 30.0 Å². The van der Waals surface area contributed by atoms with Crippen molar-refractivity contribution in [2.45, 2.75) is 64.3 Å². The summed E-state index contributed by atoms with van der Waals surface area (Å²) >= 11 is 1.30. The number of benzene rings is 1. The fraction of sp³-hybridized carbons (Fsp3) is 0.577. The molecule has 2 aromatic heterocycles. The SMILES string of the molecule is COC(=O)C[C@@H](C)c1ccc(N(CC(C)C)C2CCN(c3nc(C(F)(F)F)ns3)CC2)c(Nc2nc(C(F)(F)F)ns2)c1. The van der Waals surface area contributed by atoms with Crippen LogP contribution >= 0.6 is 23.1 Å². The summed E-state index contributed by atoms with van der Waals surface area (Å²) in [6, 6.07) is 5.51. The smallest absolute Gasteiger partial charge is 0.452 e. The van der Waals surface area contributed by atoms with Crippen LogP contribution in [0.5, 0.6) is 0 Å². The van der Waals surface area contributed by atoms with Crippen LogP contribution in [0.2, 0.25) is 0 Å². The molecule has 9 nitrogen and oxygen atoms in total. The lowest BCUT2D eigenvalue weighted by Crippen LogP contribution is -2.46. The zero-order valence-electron chi connectivity index (χ0n) is 23.8. The van der Waals surface area contributed by atoms with Crippen molar-refractivity contribution in [3.63, 3.8) is 0 Å². The molecule has 3 heterocycles. The van der Waals surface area contributed by atoms with Gasteiger partial charge in [-0.2, -0.15) is 45.1 Å². The van der Waals surface area contributed by atoms with E-state index in [0.29, 0.717) is 61.2 Å². The van der Waals surface area contributed by atoms with Crippen LogP contribution in [-0.2, 0) is 21.9 Å². The van der Waals surface area contributed by atoms with Crippen molar-refractivity contribution in [3.8, 4) is 0 Å². The van der Waals surface area contributed by atoms with Gasteiger partial charge in [0.1, 0.15) is 0 Å². The molecule has 0 spiro atoms. The van der Waals surface area contributed by atoms with Crippen molar-refractivity contribution in [1.82, 2.24) is 18.7 Å². The second kappa shape index (κ2) is 13.2. The molecule has 1 saturated heterocycles. The minimum Gasteiger partial charge on any atom is -0.469 e. The lowest BCUT2D eigenvalue weighted by Gasteiger charge is -2.41. The van der Waals surface area contributed by atoms with Crippen LogP contribution in [0.4, 0.5) is 48.0 Å². The largest absolute Gasteiger partial charge is 0.469 e. The summed E-state index contributed by atoms with van der Waals surface area (Å²) in [4.78, 5) is 23.2. The van der Waals surface area contributed by atoms with Crippen molar-refractivity contribution >= 4 is 50.7 Å². The highest BCUT2D eigenvalue weighted by molar-refractivity contribution is 7.10. The van der Waals surface area contributed by atoms with Gasteiger partial charge < -0.3 is 19.9 Å². The first-order valence-corrected chi connectivity index (χ1v) is 15.0. The number of piperidine rings is 1. The van der Waals surface area contributed by atoms with E-state index in [-0.39, 0.29) is 34.6 Å². The molecule has 0 unspecified atom stereocenters. The Labute approximate surface area is 252 Å². The van der Waals surface area contributed by atoms with E-state index >= 15 is 0 Å². The highest BCUT2D eigenvalue weighted by atomic mass is 32.1. The summed E-state index contributed by atoms with van der Waals surface area (Å²) in [5, 5.41) is 3.20. The maximum Gasteiger partial charge on any atom is 0.452 e. The summed E-state index contributed by atoms with van der Waals surface area (Å²) in [5.41, 5.74) is 1.99. The molecule has 0 saturated carbocycles. The first-order valence-electron chi connectivity index (χ1n) is 13.5. The molecule has 1 aliphatic heterocycles. The number of alkyl halides is 6. The van der Waals surface area contributed by atoms with E-state index in [1.165, 1.54) is 7.11 Å². The predicted octanol–water partition coefficient (Wildman–Crippen LogP) is 6.97. The molecule has 3 aromatic rings. The maximum atomic E-state index is 13.2. The van der Waals surface area contributed by atoms with Crippen LogP contribution in [0, 0.1) is 5.92 Å². The molecule has 1 N–H and O–H groups in total. The maximum absolute atomic E-state index is 13.2. The second-order valence-corrected chi connectivity index (χ2v) is 12.1. The molecule has 236 valence electrons. The van der Waals surface area contributed by atoms with Crippen LogP contribution in [-0.4, -0.2) is 57.5 Å². The lowest BCUT2D eigenvalue weighted by molar-refractivity contribution is -0.144. The van der Waals surface area contributed by atoms with Gasteiger partial charge in [-0.15, -0.1) is 0 Å². The zero-order chi connectivity index (χ0) is 31.5. The van der Waals surface area contributed by atoms with E-state index in [4.69, 9.17) is 4.74 Å². The number of rotatable bonds is 10. The molecule has 0 bridgehead atoms. The summed E-state index contributed by atoms with van der Waals surface area (Å²) in [5.74, 6) is -2.82. The van der Waals surface area contributed by atoms with Crippen molar-refractivity contribution in [2.75, 3.05) is 41.9 Å². The molecule has 1 aromatic carbocycles. The normalized spacial score (nSPS) is 15.6. The molecule has 1 fully saturated rings. The highest BCUT2D eigenvalue weighted by Crippen LogP contribution is 2.38. The number of nitrogens with one attached hydrogen (secondary N) is 1. The Balaban J connectivity index is 1.63. The fourth-order valence-electron chi connectivity index (χ4n) is 4.83. The number of hydrogen-bond acceptors (Lipinski definition) is 11. The number of aromatic nitrogens is 4. The Morgan fingerprint density at radius 3 is 2.23 bits per heavy atom. The molecule has 43 heavy (non-hydrogen) atoms. The van der Waals surface area contributed by atoms with E-state index in [2.05, 4.69) is 28.9 Å². The van der Waals surface area contributed by atoms with Crippen LogP contribution < -0.4 is 15.1 Å². The molecule has 1 aliphatic rings. The van der Waals surface area contributed by atoms with Crippen LogP contribution in [0.3, 0.4) is 0 Å². The van der Waals surface area contributed by atoms with Gasteiger partial charge >= 0.3 is 18.3 Å². The molecular weight excluding hydrogens is 620 g/mol. The Bertz CT molecular complexity index is 1390. The Morgan fingerprint density at radius 2 is 1.67 bits per heavy atom. The predicted molar refractivity (Wildman–Crippen MR) is 152 cm³/mol. The minimum atomic E-state index is -4.69. The van der Waals surface area contributed by atoms with Gasteiger partial charge in [0.05, 0.1) is 24.9 Å². The van der Waals surface area contributed by atoms with Gasteiger partial charge in [-0.25, -0.2) is 0 Å². The third-order valence-corrected chi connectivity index (χ3v) is 8.33. The third kappa shape index (κ3) is 8.25. The number of nitrogens with zero attached hydrogens (tertiary/aromatic N) is 6. The third-order valence-electron chi connectivity index (χ3n) is 6.93. The van der Waals surface area contributed by atoms with Crippen LogP contribution in [0.15, 0.2) is 18.2 Å². The first kappa shape index (κ1) is 32.7. The summed E-state index contributed by atoms with van der Waals surface area (Å²) < 4.78 is 90.4. The Hall–Kier alpha value is -3.21. The van der Waals surface area contributed by atoms with Gasteiger partial charge in [-0.1, -0.05) is 26.8 Å². The molecular formula is C26H31F6N7O2S2. The molecule has 17 heteroatoms. The van der Waals surface area contributed by atoms with E-state index in [0.717, 1.165) is 11.3 Å². The van der Waals surface area contributed by atoms with Gasteiger partial charge in [0, 0.05) is 48.7 Å². The molecule has 0 aliphatic carbocycles. The average molecular weight is 652 g/mol. The van der Waals surface area contributed by atoms with Gasteiger partial charge in [-0.3, -0.25) is 4.79 Å². The summed E-state index contributed by atoms with van der Waals surface area (Å²) in [6.45, 7) is 7.45. The monoisotopic (exact) mass is 651 g/mol. The first-order chi connectivity index (χ1) is 20.2. The number of carbonyl (C=O) groups excluding carboxylic acids is 1. The van der Waals surface area contributed by atoms with Gasteiger partial charge in [0.2, 0.25) is 21.9 Å². The number of anilines is 4. The number of esters is 1. The highest BCUT2D eigenvalue weighted by Gasteiger charge is 2.38. The topological polar surface area (TPSA) is 96.4 Å². The Morgan fingerprint density at radius 1 is 1.05 bits per heavy atom. The summed E-state index contributed by atoms with van der Waals surface area (Å²) in [6.07, 6.45) is -7.99. The summed E-state index contributed by atoms with van der Waals surface area (Å²) in [7, 11) is 1.30. The number of carbonyl (C=O) groups is 1. The fourth-order valence-corrected chi connectivity index (χ4v) is 6.17. The lowest BCUT2D eigenvalue weighted by atomic mass is 9.95. The van der Waals surface area contributed by atoms with Crippen molar-refractivity contribution in [2.24, 2.45) is 5.92 Å². The van der Waals surface area contributed by atoms with Gasteiger partial charge in [0.25, 0.3) is 0 Å². The Kier molecular flexibility index (Phi) is 10.0. The van der Waals surface area contributed by atoms with Crippen molar-refractivity contribution in [3.05, 3.63) is 35.4 Å². The minimum absolute atomic E-state index is 0.0206.